The number of carbonyl (C=O) groups is 1. The van der Waals surface area contributed by atoms with E-state index in [-0.39, 0.29) is 0 Å². The van der Waals surface area contributed by atoms with Crippen LogP contribution in [0.15, 0.2) is 4.99 Å². The smallest absolute Gasteiger partial charge is 0.418 e. The highest BCUT2D eigenvalue weighted by atomic mass is 16.6. The van der Waals surface area contributed by atoms with Gasteiger partial charge >= 0.3 is 6.09 Å². The van der Waals surface area contributed by atoms with Crippen LogP contribution in [0.4, 0.5) is 4.79 Å². The molecule has 0 bridgehead atoms. The Morgan fingerprint density at radius 1 is 1.31 bits per heavy atom. The third kappa shape index (κ3) is 5.58. The summed E-state index contributed by atoms with van der Waals surface area (Å²) in [6.07, 6.45) is -0.465. The Balaban J connectivity index is 4.55. The molecule has 5 heteroatoms. The number of carbonyl (C=O) groups excluding carboxylic acids is 1. The van der Waals surface area contributed by atoms with Gasteiger partial charge in [-0.25, -0.2) is 14.7 Å². The summed E-state index contributed by atoms with van der Waals surface area (Å²) in [5.41, 5.74) is -0.519. The van der Waals surface area contributed by atoms with E-state index in [1.54, 1.807) is 7.05 Å². The van der Waals surface area contributed by atoms with Crippen molar-refractivity contribution < 1.29 is 14.3 Å². The van der Waals surface area contributed by atoms with Crippen LogP contribution in [0, 0.1) is 0 Å². The molecule has 0 saturated heterocycles. The Morgan fingerprint density at radius 2 is 1.88 bits per heavy atom. The molecule has 0 aromatic rings. The number of ether oxygens (including phenoxy) is 2. The highest BCUT2D eigenvalue weighted by Crippen LogP contribution is 2.09. The van der Waals surface area contributed by atoms with Crippen LogP contribution in [0.25, 0.3) is 0 Å². The zero-order valence-corrected chi connectivity index (χ0v) is 11.0. The maximum absolute atomic E-state index is 11.7. The van der Waals surface area contributed by atoms with Gasteiger partial charge < -0.3 is 9.47 Å². The summed E-state index contributed by atoms with van der Waals surface area (Å²) in [7, 11) is 1.58. The number of hydrogen-bond donors (Lipinski definition) is 0. The fraction of sp³-hybridized carbons (Fsp3) is 0.818. The van der Waals surface area contributed by atoms with Crippen LogP contribution in [-0.4, -0.2) is 42.8 Å². The van der Waals surface area contributed by atoms with Gasteiger partial charge in [-0.15, -0.1) is 0 Å². The van der Waals surface area contributed by atoms with Crippen molar-refractivity contribution in [3.63, 3.8) is 0 Å². The second-order valence-electron chi connectivity index (χ2n) is 4.23. The minimum Gasteiger partial charge on any atom is -0.465 e. The molecule has 0 aliphatic carbocycles. The SMILES string of the molecule is CC/N=C(/OCC)N(C)C(=O)OC(C)(C)C. The van der Waals surface area contributed by atoms with E-state index >= 15 is 0 Å². The monoisotopic (exact) mass is 230 g/mol. The van der Waals surface area contributed by atoms with Crippen molar-refractivity contribution in [1.29, 1.82) is 0 Å². The predicted octanol–water partition coefficient (Wildman–Crippen LogP) is 2.27. The van der Waals surface area contributed by atoms with Gasteiger partial charge in [0.1, 0.15) is 5.60 Å². The minimum atomic E-state index is -0.519. The van der Waals surface area contributed by atoms with Crippen molar-refractivity contribution in [2.75, 3.05) is 20.2 Å². The first-order valence-corrected chi connectivity index (χ1v) is 5.45. The van der Waals surface area contributed by atoms with E-state index in [9.17, 15) is 4.79 Å². The predicted molar refractivity (Wildman–Crippen MR) is 63.6 cm³/mol. The summed E-state index contributed by atoms with van der Waals surface area (Å²) < 4.78 is 10.5. The zero-order valence-electron chi connectivity index (χ0n) is 11.0. The number of aliphatic imine (C=N–C) groups is 1. The van der Waals surface area contributed by atoms with E-state index in [1.165, 1.54) is 4.90 Å². The van der Waals surface area contributed by atoms with Crippen LogP contribution in [0.3, 0.4) is 0 Å². The Bertz CT molecular complexity index is 256. The third-order valence-electron chi connectivity index (χ3n) is 1.52. The molecule has 1 amide bonds. The first-order chi connectivity index (χ1) is 7.31. The third-order valence-corrected chi connectivity index (χ3v) is 1.52. The molecule has 0 heterocycles. The molecule has 0 spiro atoms. The first-order valence-electron chi connectivity index (χ1n) is 5.45. The van der Waals surface area contributed by atoms with Gasteiger partial charge in [-0.3, -0.25) is 0 Å². The molecule has 0 atom stereocenters. The Kier molecular flexibility index (Phi) is 5.85. The summed E-state index contributed by atoms with van der Waals surface area (Å²) in [5.74, 6) is 0. The molecule has 94 valence electrons. The molecular weight excluding hydrogens is 208 g/mol. The molecule has 0 N–H and O–H groups in total. The van der Waals surface area contributed by atoms with Crippen LogP contribution < -0.4 is 0 Å². The molecule has 0 aliphatic rings. The van der Waals surface area contributed by atoms with E-state index in [4.69, 9.17) is 9.47 Å². The van der Waals surface area contributed by atoms with Gasteiger partial charge in [-0.1, -0.05) is 0 Å². The molecule has 0 fully saturated rings. The van der Waals surface area contributed by atoms with Crippen molar-refractivity contribution in [3.8, 4) is 0 Å². The second kappa shape index (κ2) is 6.35. The molecule has 0 radical (unpaired) electrons. The molecule has 0 rings (SSSR count). The van der Waals surface area contributed by atoms with Gasteiger partial charge in [0, 0.05) is 13.6 Å². The largest absolute Gasteiger partial charge is 0.465 e. The molecule has 0 aromatic heterocycles. The average molecular weight is 230 g/mol. The topological polar surface area (TPSA) is 51.1 Å². The summed E-state index contributed by atoms with van der Waals surface area (Å²) >= 11 is 0. The van der Waals surface area contributed by atoms with Gasteiger partial charge in [0.2, 0.25) is 0 Å². The molecule has 16 heavy (non-hydrogen) atoms. The number of nitrogens with zero attached hydrogens (tertiary/aromatic N) is 2. The molecule has 0 unspecified atom stereocenters. The summed E-state index contributed by atoms with van der Waals surface area (Å²) in [4.78, 5) is 17.1. The van der Waals surface area contributed by atoms with E-state index in [2.05, 4.69) is 4.99 Å². The van der Waals surface area contributed by atoms with Gasteiger partial charge in [0.05, 0.1) is 6.61 Å². The normalized spacial score (nSPS) is 12.2. The number of amides is 1. The zero-order chi connectivity index (χ0) is 12.8. The van der Waals surface area contributed by atoms with Crippen molar-refractivity contribution in [3.05, 3.63) is 0 Å². The average Bonchev–Trinajstić information content (AvgIpc) is 2.13. The van der Waals surface area contributed by atoms with E-state index in [0.29, 0.717) is 19.2 Å². The van der Waals surface area contributed by atoms with Crippen LogP contribution in [0.2, 0.25) is 0 Å². The number of hydrogen-bond acceptors (Lipinski definition) is 4. The molecule has 0 saturated carbocycles. The summed E-state index contributed by atoms with van der Waals surface area (Å²) in [6, 6.07) is 0.291. The van der Waals surface area contributed by atoms with Crippen LogP contribution in [0.5, 0.6) is 0 Å². The summed E-state index contributed by atoms with van der Waals surface area (Å²) in [5, 5.41) is 0. The Hall–Kier alpha value is -1.26. The van der Waals surface area contributed by atoms with Gasteiger partial charge in [0.25, 0.3) is 6.02 Å². The van der Waals surface area contributed by atoms with Gasteiger partial charge in [-0.05, 0) is 34.6 Å². The van der Waals surface area contributed by atoms with Crippen LogP contribution in [-0.2, 0) is 9.47 Å². The van der Waals surface area contributed by atoms with E-state index in [1.807, 2.05) is 34.6 Å². The molecule has 0 aliphatic heterocycles. The van der Waals surface area contributed by atoms with Crippen LogP contribution >= 0.6 is 0 Å². The van der Waals surface area contributed by atoms with Crippen molar-refractivity contribution >= 4 is 12.1 Å². The van der Waals surface area contributed by atoms with Crippen molar-refractivity contribution in [1.82, 2.24) is 4.90 Å². The van der Waals surface area contributed by atoms with E-state index in [0.717, 1.165) is 0 Å². The molecular formula is C11H22N2O3. The van der Waals surface area contributed by atoms with Crippen LogP contribution in [0.1, 0.15) is 34.6 Å². The second-order valence-corrected chi connectivity index (χ2v) is 4.23. The molecule has 0 aromatic carbocycles. The summed E-state index contributed by atoms with van der Waals surface area (Å²) in [6.45, 7) is 10.2. The maximum atomic E-state index is 11.7. The lowest BCUT2D eigenvalue weighted by Gasteiger charge is -2.24. The van der Waals surface area contributed by atoms with E-state index < -0.39 is 11.7 Å². The highest BCUT2D eigenvalue weighted by Gasteiger charge is 2.23. The fourth-order valence-corrected chi connectivity index (χ4v) is 0.921. The minimum absolute atomic E-state index is 0.291. The lowest BCUT2D eigenvalue weighted by Crippen LogP contribution is -2.39. The number of amidine groups is 1. The Morgan fingerprint density at radius 3 is 2.25 bits per heavy atom. The first kappa shape index (κ1) is 14.7. The maximum Gasteiger partial charge on any atom is 0.418 e. The lowest BCUT2D eigenvalue weighted by molar-refractivity contribution is 0.0364. The van der Waals surface area contributed by atoms with Crippen molar-refractivity contribution in [2.24, 2.45) is 4.99 Å². The highest BCUT2D eigenvalue weighted by molar-refractivity contribution is 5.90. The Labute approximate surface area is 97.4 Å². The molecule has 5 nitrogen and oxygen atoms in total. The van der Waals surface area contributed by atoms with Gasteiger partial charge in [0.15, 0.2) is 0 Å². The van der Waals surface area contributed by atoms with Gasteiger partial charge in [-0.2, -0.15) is 0 Å². The number of rotatable bonds is 2. The lowest BCUT2D eigenvalue weighted by atomic mass is 10.2. The fourth-order valence-electron chi connectivity index (χ4n) is 0.921. The quantitative estimate of drug-likeness (QED) is 0.540. The van der Waals surface area contributed by atoms with Crippen molar-refractivity contribution in [2.45, 2.75) is 40.2 Å². The standard InChI is InChI=1S/C11H22N2O3/c1-7-12-9(15-8-2)13(6)10(14)16-11(3,4)5/h7-8H2,1-6H3/b12-9+.